The van der Waals surface area contributed by atoms with Gasteiger partial charge in [-0.25, -0.2) is 4.79 Å². The Kier molecular flexibility index (Phi) is 7.30. The Morgan fingerprint density at radius 2 is 1.86 bits per heavy atom. The van der Waals surface area contributed by atoms with Crippen LogP contribution in [0.1, 0.15) is 32.6 Å². The van der Waals surface area contributed by atoms with Crippen molar-refractivity contribution in [3.05, 3.63) is 0 Å². The van der Waals surface area contributed by atoms with E-state index < -0.39 is 24.1 Å². The van der Waals surface area contributed by atoms with E-state index in [0.29, 0.717) is 18.1 Å². The van der Waals surface area contributed by atoms with E-state index in [1.54, 1.807) is 6.92 Å². The van der Waals surface area contributed by atoms with Crippen LogP contribution in [0, 0.1) is 0 Å². The van der Waals surface area contributed by atoms with Crippen LogP contribution in [-0.4, -0.2) is 55.4 Å². The normalized spacial score (nSPS) is 15.6. The molecule has 1 aliphatic rings. The average molecular weight is 317 g/mol. The topological polar surface area (TPSA) is 108 Å². The van der Waals surface area contributed by atoms with Crippen LogP contribution >= 0.6 is 0 Å². The Balaban J connectivity index is 2.14. The predicted octanol–water partition coefficient (Wildman–Crippen LogP) is 0.562. The first kappa shape index (κ1) is 17.9. The zero-order valence-corrected chi connectivity index (χ0v) is 12.5. The van der Waals surface area contributed by atoms with Gasteiger partial charge in [0.05, 0.1) is 13.2 Å². The minimum atomic E-state index is -1.14. The number of ether oxygens (including phenoxy) is 3. The molecule has 2 amide bonds. The summed E-state index contributed by atoms with van der Waals surface area (Å²) in [6, 6.07) is 0. The molecule has 1 fully saturated rings. The Morgan fingerprint density at radius 1 is 1.23 bits per heavy atom. The molecule has 22 heavy (non-hydrogen) atoms. The molecule has 0 spiro atoms. The van der Waals surface area contributed by atoms with E-state index in [0.717, 1.165) is 0 Å². The molecule has 0 aromatic heterocycles. The molecule has 1 atom stereocenters. The summed E-state index contributed by atoms with van der Waals surface area (Å²) in [6.07, 6.45) is -0.801. The van der Waals surface area contributed by atoms with E-state index in [4.69, 9.17) is 9.47 Å². The third kappa shape index (κ3) is 6.08. The molecule has 0 radical (unpaired) electrons. The second kappa shape index (κ2) is 8.98. The molecular formula is C13H19NO8. The van der Waals surface area contributed by atoms with Gasteiger partial charge in [0.25, 0.3) is 11.8 Å². The predicted molar refractivity (Wildman–Crippen MR) is 70.2 cm³/mol. The van der Waals surface area contributed by atoms with Crippen molar-refractivity contribution < 1.29 is 38.2 Å². The van der Waals surface area contributed by atoms with Gasteiger partial charge in [0.2, 0.25) is 0 Å². The van der Waals surface area contributed by atoms with E-state index in [-0.39, 0.29) is 31.8 Å². The Bertz CT molecular complexity index is 420. The molecule has 0 aromatic carbocycles. The molecule has 1 rings (SSSR count). The number of carbonyl (C=O) groups is 4. The number of hydrogen-bond donors (Lipinski definition) is 0. The maximum atomic E-state index is 11.3. The third-order valence-corrected chi connectivity index (χ3v) is 2.76. The molecule has 0 N–H and O–H groups in total. The fourth-order valence-electron chi connectivity index (χ4n) is 1.60. The Hall–Kier alpha value is -2.16. The first-order valence-corrected chi connectivity index (χ1v) is 6.83. The number of methoxy groups -OCH3 is 1. The first-order valence-electron chi connectivity index (χ1n) is 6.83. The first-order chi connectivity index (χ1) is 10.4. The molecule has 0 bridgehead atoms. The number of rotatable bonds is 8. The highest BCUT2D eigenvalue weighted by Gasteiger charge is 2.33. The van der Waals surface area contributed by atoms with Crippen molar-refractivity contribution in [1.82, 2.24) is 5.06 Å². The third-order valence-electron chi connectivity index (χ3n) is 2.76. The van der Waals surface area contributed by atoms with Crippen LogP contribution in [-0.2, 0) is 33.4 Å². The fraction of sp³-hybridized carbons (Fsp3) is 0.692. The van der Waals surface area contributed by atoms with Crippen molar-refractivity contribution in [2.45, 2.75) is 38.7 Å². The van der Waals surface area contributed by atoms with Gasteiger partial charge in [-0.15, -0.1) is 0 Å². The average Bonchev–Trinajstić information content (AvgIpc) is 2.81. The van der Waals surface area contributed by atoms with Crippen molar-refractivity contribution in [2.24, 2.45) is 0 Å². The van der Waals surface area contributed by atoms with Crippen molar-refractivity contribution in [3.8, 4) is 0 Å². The molecule has 0 saturated carbocycles. The van der Waals surface area contributed by atoms with Gasteiger partial charge in [-0.3, -0.25) is 19.2 Å². The largest absolute Gasteiger partial charge is 0.534 e. The van der Waals surface area contributed by atoms with Crippen LogP contribution in [0.15, 0.2) is 0 Å². The molecule has 9 nitrogen and oxygen atoms in total. The molecule has 1 unspecified atom stereocenters. The molecule has 9 heteroatoms. The Labute approximate surface area is 127 Å². The molecule has 0 aliphatic carbocycles. The smallest absolute Gasteiger partial charge is 0.469 e. The highest BCUT2D eigenvalue weighted by Crippen LogP contribution is 2.12. The molecular weight excluding hydrogens is 298 g/mol. The molecule has 124 valence electrons. The molecule has 1 heterocycles. The second-order valence-corrected chi connectivity index (χ2v) is 4.60. The SMILES string of the molecule is COC(=O)CCCOC(C)COC(=O)ON1C(=O)CCC1=O. The highest BCUT2D eigenvalue weighted by molar-refractivity contribution is 6.01. The number of amides is 2. The number of nitrogens with zero attached hydrogens (tertiary/aromatic N) is 1. The second-order valence-electron chi connectivity index (χ2n) is 4.60. The quantitative estimate of drug-likeness (QED) is 0.363. The van der Waals surface area contributed by atoms with E-state index in [2.05, 4.69) is 9.57 Å². The van der Waals surface area contributed by atoms with Crippen molar-refractivity contribution in [1.29, 1.82) is 0 Å². The number of hydroxylamine groups is 2. The lowest BCUT2D eigenvalue weighted by Crippen LogP contribution is -2.33. The lowest BCUT2D eigenvalue weighted by Gasteiger charge is -2.15. The van der Waals surface area contributed by atoms with Gasteiger partial charge in [-0.05, 0) is 13.3 Å². The van der Waals surface area contributed by atoms with Gasteiger partial charge < -0.3 is 14.2 Å². The number of esters is 1. The summed E-state index contributed by atoms with van der Waals surface area (Å²) in [5, 5.41) is 0.407. The van der Waals surface area contributed by atoms with Crippen LogP contribution in [0.25, 0.3) is 0 Å². The maximum Gasteiger partial charge on any atom is 0.534 e. The number of imide groups is 1. The van der Waals surface area contributed by atoms with Gasteiger partial charge in [-0.1, -0.05) is 5.06 Å². The molecule has 1 saturated heterocycles. The van der Waals surface area contributed by atoms with Crippen LogP contribution < -0.4 is 0 Å². The van der Waals surface area contributed by atoms with Crippen molar-refractivity contribution >= 4 is 23.9 Å². The summed E-state index contributed by atoms with van der Waals surface area (Å²) in [4.78, 5) is 49.2. The minimum absolute atomic E-state index is 0.0197. The van der Waals surface area contributed by atoms with Crippen LogP contribution in [0.3, 0.4) is 0 Å². The number of carbonyl (C=O) groups excluding carboxylic acids is 4. The maximum absolute atomic E-state index is 11.3. The zero-order valence-electron chi connectivity index (χ0n) is 12.5. The fourth-order valence-corrected chi connectivity index (χ4v) is 1.60. The van der Waals surface area contributed by atoms with E-state index in [1.165, 1.54) is 7.11 Å². The molecule has 0 aromatic rings. The van der Waals surface area contributed by atoms with E-state index in [1.807, 2.05) is 0 Å². The Morgan fingerprint density at radius 3 is 2.45 bits per heavy atom. The lowest BCUT2D eigenvalue weighted by atomic mass is 10.3. The van der Waals surface area contributed by atoms with Gasteiger partial charge in [0, 0.05) is 25.9 Å². The monoisotopic (exact) mass is 317 g/mol. The van der Waals surface area contributed by atoms with Gasteiger partial charge in [0.15, 0.2) is 0 Å². The van der Waals surface area contributed by atoms with Gasteiger partial charge >= 0.3 is 12.1 Å². The summed E-state index contributed by atoms with van der Waals surface area (Å²) in [6.45, 7) is 1.86. The van der Waals surface area contributed by atoms with Crippen molar-refractivity contribution in [2.75, 3.05) is 20.3 Å². The van der Waals surface area contributed by atoms with Crippen molar-refractivity contribution in [3.63, 3.8) is 0 Å². The van der Waals surface area contributed by atoms with Crippen LogP contribution in [0.5, 0.6) is 0 Å². The standard InChI is InChI=1S/C13H19NO8/c1-9(20-7-3-4-12(17)19-2)8-21-13(18)22-14-10(15)5-6-11(14)16/h9H,3-8H2,1-2H3. The van der Waals surface area contributed by atoms with Crippen LogP contribution in [0.4, 0.5) is 4.79 Å². The summed E-state index contributed by atoms with van der Waals surface area (Å²) in [5.41, 5.74) is 0. The highest BCUT2D eigenvalue weighted by atomic mass is 16.8. The van der Waals surface area contributed by atoms with E-state index in [9.17, 15) is 19.2 Å². The van der Waals surface area contributed by atoms with E-state index >= 15 is 0 Å². The lowest BCUT2D eigenvalue weighted by molar-refractivity contribution is -0.177. The summed E-state index contributed by atoms with van der Waals surface area (Å²) in [5.74, 6) is -1.47. The van der Waals surface area contributed by atoms with Gasteiger partial charge in [-0.2, -0.15) is 0 Å². The van der Waals surface area contributed by atoms with Crippen LogP contribution in [0.2, 0.25) is 0 Å². The van der Waals surface area contributed by atoms with Gasteiger partial charge in [0.1, 0.15) is 6.61 Å². The zero-order chi connectivity index (χ0) is 16.5. The summed E-state index contributed by atoms with van der Waals surface area (Å²) in [7, 11) is 1.31. The number of hydrogen-bond acceptors (Lipinski definition) is 8. The molecule has 1 aliphatic heterocycles. The summed E-state index contributed by atoms with van der Waals surface area (Å²) >= 11 is 0. The summed E-state index contributed by atoms with van der Waals surface area (Å²) < 4.78 is 14.5. The minimum Gasteiger partial charge on any atom is -0.469 e.